The van der Waals surface area contributed by atoms with Crippen LogP contribution in [0.1, 0.15) is 36.5 Å². The Kier molecular flexibility index (Phi) is 4.95. The zero-order valence-electron chi connectivity index (χ0n) is 11.2. The number of rotatable bonds is 5. The van der Waals surface area contributed by atoms with E-state index in [-0.39, 0.29) is 21.0 Å². The van der Waals surface area contributed by atoms with Crippen LogP contribution >= 0.6 is 26.6 Å². The maximum absolute atomic E-state index is 13.9. The van der Waals surface area contributed by atoms with Crippen LogP contribution in [0.15, 0.2) is 21.5 Å². The molecule has 1 unspecified atom stereocenters. The highest BCUT2D eigenvalue weighted by Gasteiger charge is 2.26. The predicted octanol–water partition coefficient (Wildman–Crippen LogP) is 3.43. The van der Waals surface area contributed by atoms with Crippen LogP contribution < -0.4 is 5.32 Å². The van der Waals surface area contributed by atoms with Crippen LogP contribution in [0.4, 0.5) is 4.39 Å². The van der Waals surface area contributed by atoms with Crippen molar-refractivity contribution in [2.45, 2.75) is 37.1 Å². The normalized spacial score (nSPS) is 16.6. The number of hydrogen-bond donors (Lipinski definition) is 1. The molecule has 0 saturated heterocycles. The van der Waals surface area contributed by atoms with Gasteiger partial charge in [-0.25, -0.2) is 12.8 Å². The Bertz CT molecular complexity index is 676. The Morgan fingerprint density at radius 1 is 1.52 bits per heavy atom. The quantitative estimate of drug-likeness (QED) is 0.773. The van der Waals surface area contributed by atoms with Crippen molar-refractivity contribution in [3.63, 3.8) is 0 Å². The van der Waals surface area contributed by atoms with Crippen LogP contribution in [0.2, 0.25) is 0 Å². The Labute approximate surface area is 135 Å². The summed E-state index contributed by atoms with van der Waals surface area (Å²) in [6, 6.07) is 1.78. The van der Waals surface area contributed by atoms with Gasteiger partial charge in [0.15, 0.2) is 0 Å². The second kappa shape index (κ2) is 6.22. The SMILES string of the molecule is CC(CC1CC1)NC(=O)c1cc(S(=O)(=O)Cl)c(Br)cc1F. The van der Waals surface area contributed by atoms with E-state index in [1.54, 1.807) is 0 Å². The fourth-order valence-corrected chi connectivity index (χ4v) is 4.27. The van der Waals surface area contributed by atoms with Gasteiger partial charge in [-0.15, -0.1) is 0 Å². The highest BCUT2D eigenvalue weighted by molar-refractivity contribution is 9.10. The van der Waals surface area contributed by atoms with E-state index in [2.05, 4.69) is 21.2 Å². The molecule has 0 heterocycles. The fourth-order valence-electron chi connectivity index (χ4n) is 2.10. The molecule has 2 rings (SSSR count). The average molecular weight is 399 g/mol. The van der Waals surface area contributed by atoms with Gasteiger partial charge in [0, 0.05) is 21.2 Å². The van der Waals surface area contributed by atoms with E-state index in [1.807, 2.05) is 6.92 Å². The summed E-state index contributed by atoms with van der Waals surface area (Å²) in [4.78, 5) is 11.7. The number of nitrogens with one attached hydrogen (secondary N) is 1. The number of hydrogen-bond acceptors (Lipinski definition) is 3. The highest BCUT2D eigenvalue weighted by atomic mass is 79.9. The van der Waals surface area contributed by atoms with Gasteiger partial charge in [0.1, 0.15) is 5.82 Å². The molecule has 4 nitrogen and oxygen atoms in total. The lowest BCUT2D eigenvalue weighted by Gasteiger charge is -2.14. The van der Waals surface area contributed by atoms with E-state index >= 15 is 0 Å². The van der Waals surface area contributed by atoms with Gasteiger partial charge in [-0.05, 0) is 47.3 Å². The molecular formula is C13H14BrClFNO3S. The average Bonchev–Trinajstić information content (AvgIpc) is 3.10. The van der Waals surface area contributed by atoms with Gasteiger partial charge >= 0.3 is 0 Å². The first-order chi connectivity index (χ1) is 9.68. The third kappa shape index (κ3) is 4.40. The van der Waals surface area contributed by atoms with Gasteiger partial charge in [-0.3, -0.25) is 4.79 Å². The second-order valence-corrected chi connectivity index (χ2v) is 8.64. The first-order valence-electron chi connectivity index (χ1n) is 6.43. The minimum Gasteiger partial charge on any atom is -0.349 e. The molecule has 1 fully saturated rings. The summed E-state index contributed by atoms with van der Waals surface area (Å²) in [5.74, 6) is -0.828. The van der Waals surface area contributed by atoms with E-state index in [4.69, 9.17) is 10.7 Å². The summed E-state index contributed by atoms with van der Waals surface area (Å²) in [7, 11) is 1.20. The minimum atomic E-state index is -4.07. The Balaban J connectivity index is 2.23. The smallest absolute Gasteiger partial charge is 0.262 e. The van der Waals surface area contributed by atoms with Gasteiger partial charge in [0.2, 0.25) is 0 Å². The molecule has 21 heavy (non-hydrogen) atoms. The Hall–Kier alpha value is -0.660. The van der Waals surface area contributed by atoms with E-state index in [1.165, 1.54) is 0 Å². The first kappa shape index (κ1) is 16.7. The standard InChI is InChI=1S/C13H14BrClFNO3S/c1-7(4-8-2-3-8)17-13(18)9-5-12(21(15,19)20)10(14)6-11(9)16/h5-8H,2-4H2,1H3,(H,17,18). The zero-order chi connectivity index (χ0) is 15.8. The lowest BCUT2D eigenvalue weighted by atomic mass is 10.1. The van der Waals surface area contributed by atoms with E-state index in [9.17, 15) is 17.6 Å². The molecule has 1 aliphatic rings. The highest BCUT2D eigenvalue weighted by Crippen LogP contribution is 2.33. The predicted molar refractivity (Wildman–Crippen MR) is 81.4 cm³/mol. The maximum Gasteiger partial charge on any atom is 0.262 e. The minimum absolute atomic E-state index is 0.0161. The largest absolute Gasteiger partial charge is 0.349 e. The second-order valence-electron chi connectivity index (χ2n) is 5.25. The van der Waals surface area contributed by atoms with Crippen molar-refractivity contribution in [3.8, 4) is 0 Å². The van der Waals surface area contributed by atoms with Gasteiger partial charge in [0.25, 0.3) is 15.0 Å². The van der Waals surface area contributed by atoms with E-state index < -0.39 is 20.8 Å². The summed E-state index contributed by atoms with van der Waals surface area (Å²) in [6.45, 7) is 1.84. The summed E-state index contributed by atoms with van der Waals surface area (Å²) < 4.78 is 36.6. The van der Waals surface area contributed by atoms with Crippen molar-refractivity contribution in [1.82, 2.24) is 5.32 Å². The van der Waals surface area contributed by atoms with E-state index in [0.717, 1.165) is 31.4 Å². The lowest BCUT2D eigenvalue weighted by Crippen LogP contribution is -2.33. The Morgan fingerprint density at radius 2 is 2.14 bits per heavy atom. The molecule has 1 aliphatic carbocycles. The van der Waals surface area contributed by atoms with E-state index in [0.29, 0.717) is 5.92 Å². The molecule has 1 aromatic carbocycles. The Morgan fingerprint density at radius 3 is 2.67 bits per heavy atom. The molecule has 0 radical (unpaired) electrons. The van der Waals surface area contributed by atoms with Gasteiger partial charge in [-0.2, -0.15) is 0 Å². The van der Waals surface area contributed by atoms with Crippen molar-refractivity contribution in [1.29, 1.82) is 0 Å². The summed E-state index contributed by atoms with van der Waals surface area (Å²) in [5, 5.41) is 2.67. The van der Waals surface area contributed by atoms with Gasteiger partial charge in [-0.1, -0.05) is 12.8 Å². The van der Waals surface area contributed by atoms with Crippen LogP contribution in [0.5, 0.6) is 0 Å². The molecular weight excluding hydrogens is 385 g/mol. The number of carbonyl (C=O) groups excluding carboxylic acids is 1. The molecule has 1 aromatic rings. The third-order valence-corrected chi connectivity index (χ3v) is 5.57. The third-order valence-electron chi connectivity index (χ3n) is 3.29. The maximum atomic E-state index is 13.9. The lowest BCUT2D eigenvalue weighted by molar-refractivity contribution is 0.0933. The van der Waals surface area contributed by atoms with Crippen molar-refractivity contribution < 1.29 is 17.6 Å². The monoisotopic (exact) mass is 397 g/mol. The van der Waals surface area contributed by atoms with Crippen molar-refractivity contribution in [2.75, 3.05) is 0 Å². The fraction of sp³-hybridized carbons (Fsp3) is 0.462. The molecule has 1 atom stereocenters. The number of halogens is 3. The summed E-state index contributed by atoms with van der Waals surface area (Å²) in [6.07, 6.45) is 3.15. The van der Waals surface area contributed by atoms with Crippen LogP contribution in [0.3, 0.4) is 0 Å². The molecule has 1 saturated carbocycles. The number of carbonyl (C=O) groups is 1. The molecule has 0 aromatic heterocycles. The number of benzene rings is 1. The van der Waals surface area contributed by atoms with Gasteiger partial charge < -0.3 is 5.32 Å². The molecule has 8 heteroatoms. The van der Waals surface area contributed by atoms with Crippen LogP contribution in [-0.2, 0) is 9.05 Å². The molecule has 0 bridgehead atoms. The van der Waals surface area contributed by atoms with Crippen LogP contribution in [-0.4, -0.2) is 20.4 Å². The molecule has 1 amide bonds. The summed E-state index contributed by atoms with van der Waals surface area (Å²) in [5.41, 5.74) is -0.333. The first-order valence-corrected chi connectivity index (χ1v) is 9.53. The molecule has 0 aliphatic heterocycles. The molecule has 0 spiro atoms. The summed E-state index contributed by atoms with van der Waals surface area (Å²) >= 11 is 2.92. The van der Waals surface area contributed by atoms with Crippen molar-refractivity contribution in [3.05, 3.63) is 28.0 Å². The van der Waals surface area contributed by atoms with Crippen LogP contribution in [0, 0.1) is 11.7 Å². The molecule has 1 N–H and O–H groups in total. The van der Waals surface area contributed by atoms with Gasteiger partial charge in [0.05, 0.1) is 10.5 Å². The topological polar surface area (TPSA) is 63.2 Å². The number of amides is 1. The van der Waals surface area contributed by atoms with Crippen molar-refractivity contribution >= 4 is 41.6 Å². The van der Waals surface area contributed by atoms with Crippen LogP contribution in [0.25, 0.3) is 0 Å². The molecule has 116 valence electrons. The van der Waals surface area contributed by atoms with Crippen molar-refractivity contribution in [2.24, 2.45) is 5.92 Å². The zero-order valence-corrected chi connectivity index (χ0v) is 14.4.